The van der Waals surface area contributed by atoms with Gasteiger partial charge in [-0.05, 0) is 37.6 Å². The highest BCUT2D eigenvalue weighted by Gasteiger charge is 2.39. The number of imidazole rings is 1. The van der Waals surface area contributed by atoms with E-state index in [1.54, 1.807) is 28.8 Å². The minimum atomic E-state index is -0.580. The van der Waals surface area contributed by atoms with Gasteiger partial charge in [0.2, 0.25) is 0 Å². The molecule has 0 N–H and O–H groups in total. The number of hydrogen-bond acceptors (Lipinski definition) is 5. The van der Waals surface area contributed by atoms with Crippen LogP contribution in [0.3, 0.4) is 0 Å². The van der Waals surface area contributed by atoms with Crippen LogP contribution in [0.1, 0.15) is 41.3 Å². The lowest BCUT2D eigenvalue weighted by molar-refractivity contribution is -0.135. The second-order valence-electron chi connectivity index (χ2n) is 8.17. The molecule has 6 nitrogen and oxygen atoms in total. The van der Waals surface area contributed by atoms with E-state index in [2.05, 4.69) is 9.55 Å². The largest absolute Gasteiger partial charge is 0.482 e. The third kappa shape index (κ3) is 4.10. The lowest BCUT2D eigenvalue weighted by atomic mass is 9.94. The Morgan fingerprint density at radius 2 is 2.12 bits per heavy atom. The Morgan fingerprint density at radius 3 is 2.91 bits per heavy atom. The minimum absolute atomic E-state index is 0.144. The molecule has 9 heteroatoms. The summed E-state index contributed by atoms with van der Waals surface area (Å²) in [5, 5.41) is 1.25. The van der Waals surface area contributed by atoms with E-state index in [0.717, 1.165) is 40.2 Å². The standard InChI is InChI=1S/C24H24ClFN4O2S/c1-3-18-20(7-4-14(2)27-18)32-13-21(31)29-9-8-19-23(30-10-11-33-24(30)28-19)22(29)16-6-5-15(25)12-17(16)26/h4-7,12,22H,3,8-11,13H2,1-2H3. The van der Waals surface area contributed by atoms with E-state index in [-0.39, 0.29) is 12.5 Å². The number of rotatable bonds is 5. The molecule has 2 aromatic heterocycles. The Morgan fingerprint density at radius 1 is 1.27 bits per heavy atom. The van der Waals surface area contributed by atoms with Crippen LogP contribution in [0.15, 0.2) is 35.5 Å². The van der Waals surface area contributed by atoms with Gasteiger partial charge in [-0.25, -0.2) is 9.37 Å². The van der Waals surface area contributed by atoms with Crippen molar-refractivity contribution in [2.75, 3.05) is 18.9 Å². The van der Waals surface area contributed by atoms with Gasteiger partial charge in [0.1, 0.15) is 17.6 Å². The molecule has 5 rings (SSSR count). The van der Waals surface area contributed by atoms with Gasteiger partial charge in [-0.3, -0.25) is 9.78 Å². The number of nitrogens with zero attached hydrogens (tertiary/aromatic N) is 4. The highest BCUT2D eigenvalue weighted by atomic mass is 35.5. The predicted octanol–water partition coefficient (Wildman–Crippen LogP) is 4.60. The third-order valence-electron chi connectivity index (χ3n) is 6.09. The van der Waals surface area contributed by atoms with Crippen LogP contribution in [0, 0.1) is 12.7 Å². The van der Waals surface area contributed by atoms with Crippen molar-refractivity contribution < 1.29 is 13.9 Å². The van der Waals surface area contributed by atoms with Crippen molar-refractivity contribution >= 4 is 29.3 Å². The van der Waals surface area contributed by atoms with Crippen molar-refractivity contribution in [3.8, 4) is 5.75 Å². The average Bonchev–Trinajstić information content (AvgIpc) is 3.39. The van der Waals surface area contributed by atoms with E-state index < -0.39 is 11.9 Å². The van der Waals surface area contributed by atoms with Crippen molar-refractivity contribution in [3.05, 3.63) is 69.5 Å². The Balaban J connectivity index is 1.48. The molecular weight excluding hydrogens is 463 g/mol. The van der Waals surface area contributed by atoms with Gasteiger partial charge in [0, 0.05) is 41.5 Å². The van der Waals surface area contributed by atoms with Crippen molar-refractivity contribution in [2.45, 2.75) is 44.4 Å². The van der Waals surface area contributed by atoms with Gasteiger partial charge < -0.3 is 14.2 Å². The molecule has 0 spiro atoms. The van der Waals surface area contributed by atoms with E-state index in [9.17, 15) is 4.79 Å². The van der Waals surface area contributed by atoms with Gasteiger partial charge >= 0.3 is 0 Å². The maximum absolute atomic E-state index is 15.1. The van der Waals surface area contributed by atoms with Gasteiger partial charge in [0.25, 0.3) is 5.91 Å². The third-order valence-corrected chi connectivity index (χ3v) is 7.28. The second-order valence-corrected chi connectivity index (χ2v) is 9.67. The minimum Gasteiger partial charge on any atom is -0.482 e. The number of halogens is 2. The van der Waals surface area contributed by atoms with Gasteiger partial charge in [0.05, 0.1) is 17.1 Å². The maximum atomic E-state index is 15.1. The van der Waals surface area contributed by atoms with Crippen molar-refractivity contribution in [2.24, 2.45) is 0 Å². The molecule has 2 aliphatic heterocycles. The lowest BCUT2D eigenvalue weighted by Gasteiger charge is -2.36. The quantitative estimate of drug-likeness (QED) is 0.527. The summed E-state index contributed by atoms with van der Waals surface area (Å²) in [7, 11) is 0. The average molecular weight is 487 g/mol. The van der Waals surface area contributed by atoms with E-state index in [0.29, 0.717) is 35.7 Å². The second kappa shape index (κ2) is 8.99. The first-order valence-corrected chi connectivity index (χ1v) is 12.4. The van der Waals surface area contributed by atoms with Crippen LogP contribution in [0.4, 0.5) is 4.39 Å². The molecule has 2 aliphatic rings. The molecule has 4 heterocycles. The molecular formula is C24H24ClFN4O2S. The van der Waals surface area contributed by atoms with Crippen LogP contribution in [-0.2, 0) is 24.2 Å². The Hall–Kier alpha value is -2.58. The molecule has 1 unspecified atom stereocenters. The highest BCUT2D eigenvalue weighted by molar-refractivity contribution is 7.99. The highest BCUT2D eigenvalue weighted by Crippen LogP contribution is 2.41. The molecule has 0 saturated heterocycles. The molecule has 0 radical (unpaired) electrons. The van der Waals surface area contributed by atoms with Crippen molar-refractivity contribution in [3.63, 3.8) is 0 Å². The summed E-state index contributed by atoms with van der Waals surface area (Å²) in [4.78, 5) is 24.4. The number of fused-ring (bicyclic) bond motifs is 3. The van der Waals surface area contributed by atoms with Crippen molar-refractivity contribution in [1.82, 2.24) is 19.4 Å². The zero-order chi connectivity index (χ0) is 23.1. The first-order chi connectivity index (χ1) is 16.0. The fraction of sp³-hybridized carbons (Fsp3) is 0.375. The zero-order valence-corrected chi connectivity index (χ0v) is 20.0. The number of benzene rings is 1. The number of ether oxygens (including phenoxy) is 1. The Bertz CT molecular complexity index is 1230. The first kappa shape index (κ1) is 22.2. The van der Waals surface area contributed by atoms with Gasteiger partial charge in [0.15, 0.2) is 11.8 Å². The fourth-order valence-electron chi connectivity index (χ4n) is 4.55. The van der Waals surface area contributed by atoms with Crippen LogP contribution < -0.4 is 4.74 Å². The van der Waals surface area contributed by atoms with Crippen LogP contribution in [-0.4, -0.2) is 44.2 Å². The fourth-order valence-corrected chi connectivity index (χ4v) is 5.69. The summed E-state index contributed by atoms with van der Waals surface area (Å²) in [6, 6.07) is 7.76. The number of pyridine rings is 1. The number of carbonyl (C=O) groups is 1. The Labute approximate surface area is 201 Å². The molecule has 33 heavy (non-hydrogen) atoms. The normalized spacial score (nSPS) is 17.1. The molecule has 0 saturated carbocycles. The topological polar surface area (TPSA) is 60.2 Å². The lowest BCUT2D eigenvalue weighted by Crippen LogP contribution is -2.44. The number of aromatic nitrogens is 3. The smallest absolute Gasteiger partial charge is 0.261 e. The summed E-state index contributed by atoms with van der Waals surface area (Å²) in [6.45, 7) is 5.01. The van der Waals surface area contributed by atoms with E-state index >= 15 is 4.39 Å². The van der Waals surface area contributed by atoms with E-state index in [4.69, 9.17) is 21.3 Å². The molecule has 1 atom stereocenters. The molecule has 0 bridgehead atoms. The number of hydrogen-bond donors (Lipinski definition) is 0. The molecule has 1 aromatic carbocycles. The maximum Gasteiger partial charge on any atom is 0.261 e. The summed E-state index contributed by atoms with van der Waals surface area (Å²) < 4.78 is 23.1. The molecule has 1 amide bonds. The molecule has 0 aliphatic carbocycles. The Kier molecular flexibility index (Phi) is 6.05. The SMILES string of the molecule is CCc1nc(C)ccc1OCC(=O)N1CCc2nc3n(c2C1c1ccc(Cl)cc1F)CCS3. The monoisotopic (exact) mass is 486 g/mol. The summed E-state index contributed by atoms with van der Waals surface area (Å²) in [6.07, 6.45) is 1.33. The van der Waals surface area contributed by atoms with Crippen molar-refractivity contribution in [1.29, 1.82) is 0 Å². The van der Waals surface area contributed by atoms with Crippen LogP contribution >= 0.6 is 23.4 Å². The van der Waals surface area contributed by atoms with Crippen LogP contribution in [0.2, 0.25) is 5.02 Å². The zero-order valence-electron chi connectivity index (χ0n) is 18.5. The van der Waals surface area contributed by atoms with Gasteiger partial charge in [-0.1, -0.05) is 36.4 Å². The summed E-state index contributed by atoms with van der Waals surface area (Å²) >= 11 is 7.71. The van der Waals surface area contributed by atoms with Gasteiger partial charge in [-0.15, -0.1) is 0 Å². The number of carbonyl (C=O) groups excluding carboxylic acids is 1. The van der Waals surface area contributed by atoms with Crippen LogP contribution in [0.25, 0.3) is 0 Å². The molecule has 0 fully saturated rings. The van der Waals surface area contributed by atoms with E-state index in [1.165, 1.54) is 6.07 Å². The summed E-state index contributed by atoms with van der Waals surface area (Å²) in [5.41, 5.74) is 3.95. The summed E-state index contributed by atoms with van der Waals surface area (Å²) in [5.74, 6) is 0.882. The number of aryl methyl sites for hydroxylation is 2. The van der Waals surface area contributed by atoms with Gasteiger partial charge in [-0.2, -0.15) is 0 Å². The number of thioether (sulfide) groups is 1. The number of amides is 1. The van der Waals surface area contributed by atoms with Crippen LogP contribution in [0.5, 0.6) is 5.75 Å². The van der Waals surface area contributed by atoms with E-state index in [1.807, 2.05) is 26.0 Å². The molecule has 3 aromatic rings. The predicted molar refractivity (Wildman–Crippen MR) is 125 cm³/mol. The molecule has 172 valence electrons. The first-order valence-electron chi connectivity index (χ1n) is 11.0.